The van der Waals surface area contributed by atoms with E-state index in [4.69, 9.17) is 4.74 Å². The maximum absolute atomic E-state index is 11.4. The molecule has 1 aliphatic rings. The maximum Gasteiger partial charge on any atom is 0.311 e. The highest BCUT2D eigenvalue weighted by Gasteiger charge is 2.38. The number of nitrogens with zero attached hydrogens (tertiary/aromatic N) is 3. The number of ether oxygens (including phenoxy) is 1. The van der Waals surface area contributed by atoms with E-state index in [9.17, 15) is 9.90 Å². The van der Waals surface area contributed by atoms with Gasteiger partial charge in [0.1, 0.15) is 12.1 Å². The van der Waals surface area contributed by atoms with Crippen molar-refractivity contribution in [2.75, 3.05) is 24.6 Å². The molecule has 1 saturated heterocycles. The number of carboxylic acid groups (broad SMARTS) is 1. The van der Waals surface area contributed by atoms with Crippen LogP contribution in [0.5, 0.6) is 5.88 Å². The zero-order chi connectivity index (χ0) is 14.8. The third-order valence-electron chi connectivity index (χ3n) is 3.80. The molecule has 0 radical (unpaired) electrons. The Morgan fingerprint density at radius 2 is 2.30 bits per heavy atom. The van der Waals surface area contributed by atoms with Gasteiger partial charge in [0.25, 0.3) is 0 Å². The van der Waals surface area contributed by atoms with Gasteiger partial charge >= 0.3 is 5.97 Å². The summed E-state index contributed by atoms with van der Waals surface area (Å²) in [6, 6.07) is 0. The van der Waals surface area contributed by atoms with E-state index < -0.39 is 11.4 Å². The summed E-state index contributed by atoms with van der Waals surface area (Å²) in [5.41, 5.74) is 0.144. The number of hydrogen-bond acceptors (Lipinski definition) is 5. The highest BCUT2D eigenvalue weighted by Crippen LogP contribution is 2.34. The molecule has 2 heterocycles. The smallest absolute Gasteiger partial charge is 0.311 e. The van der Waals surface area contributed by atoms with Crippen LogP contribution < -0.4 is 9.64 Å². The van der Waals surface area contributed by atoms with E-state index in [1.54, 1.807) is 6.92 Å². The first-order chi connectivity index (χ1) is 9.48. The molecule has 1 aromatic heterocycles. The molecule has 0 aliphatic carbocycles. The Hall–Kier alpha value is -1.85. The van der Waals surface area contributed by atoms with Crippen LogP contribution in [0.3, 0.4) is 0 Å². The van der Waals surface area contributed by atoms with Crippen LogP contribution in [-0.4, -0.2) is 40.7 Å². The number of hydrogen-bond donors (Lipinski definition) is 1. The summed E-state index contributed by atoms with van der Waals surface area (Å²) >= 11 is 0. The van der Waals surface area contributed by atoms with E-state index in [2.05, 4.69) is 9.97 Å². The molecule has 1 atom stereocenters. The Balaban J connectivity index is 2.27. The number of piperidine rings is 1. The summed E-state index contributed by atoms with van der Waals surface area (Å²) < 4.78 is 5.47. The molecule has 6 heteroatoms. The summed E-state index contributed by atoms with van der Waals surface area (Å²) in [7, 11) is 0. The Labute approximate surface area is 118 Å². The minimum Gasteiger partial charge on any atom is -0.481 e. The average Bonchev–Trinajstić information content (AvgIpc) is 2.41. The predicted octanol–water partition coefficient (Wildman–Crippen LogP) is 1.87. The van der Waals surface area contributed by atoms with Crippen molar-refractivity contribution in [1.82, 2.24) is 9.97 Å². The average molecular weight is 279 g/mol. The molecular weight excluding hydrogens is 258 g/mol. The molecule has 6 nitrogen and oxygen atoms in total. The first-order valence-electron chi connectivity index (χ1n) is 6.90. The molecule has 0 spiro atoms. The summed E-state index contributed by atoms with van der Waals surface area (Å²) in [6.07, 6.45) is 3.01. The van der Waals surface area contributed by atoms with E-state index in [1.165, 1.54) is 6.33 Å². The van der Waals surface area contributed by atoms with Crippen LogP contribution in [0.1, 0.15) is 32.3 Å². The Bertz CT molecular complexity index is 506. The molecule has 1 fully saturated rings. The van der Waals surface area contributed by atoms with Crippen molar-refractivity contribution < 1.29 is 14.6 Å². The van der Waals surface area contributed by atoms with Gasteiger partial charge in [0.15, 0.2) is 0 Å². The van der Waals surface area contributed by atoms with Crippen LogP contribution in [0.25, 0.3) is 0 Å². The zero-order valence-corrected chi connectivity index (χ0v) is 12.2. The highest BCUT2D eigenvalue weighted by molar-refractivity contribution is 5.75. The van der Waals surface area contributed by atoms with Crippen molar-refractivity contribution >= 4 is 11.8 Å². The van der Waals surface area contributed by atoms with Gasteiger partial charge in [0.05, 0.1) is 17.6 Å². The Morgan fingerprint density at radius 3 is 2.95 bits per heavy atom. The third-order valence-corrected chi connectivity index (χ3v) is 3.80. The second-order valence-electron chi connectivity index (χ2n) is 5.45. The van der Waals surface area contributed by atoms with Gasteiger partial charge in [-0.15, -0.1) is 0 Å². The fourth-order valence-electron chi connectivity index (χ4n) is 2.62. The third kappa shape index (κ3) is 2.69. The first-order valence-corrected chi connectivity index (χ1v) is 6.90. The minimum atomic E-state index is -0.751. The molecule has 110 valence electrons. The SMILES string of the molecule is CCOc1ncnc(N2CCCC(C)(C(=O)O)C2)c1C. The van der Waals surface area contributed by atoms with Crippen LogP contribution >= 0.6 is 0 Å². The van der Waals surface area contributed by atoms with Crippen LogP contribution in [0, 0.1) is 12.3 Å². The van der Waals surface area contributed by atoms with Gasteiger partial charge in [-0.3, -0.25) is 4.79 Å². The standard InChI is InChI=1S/C14H21N3O3/c1-4-20-12-10(2)11(15-9-16-12)17-7-5-6-14(3,8-17)13(18)19/h9H,4-8H2,1-3H3,(H,18,19). The normalized spacial score (nSPS) is 22.6. The lowest BCUT2D eigenvalue weighted by Crippen LogP contribution is -2.46. The van der Waals surface area contributed by atoms with Crippen molar-refractivity contribution in [1.29, 1.82) is 0 Å². The highest BCUT2D eigenvalue weighted by atomic mass is 16.5. The number of carbonyl (C=O) groups is 1. The van der Waals surface area contributed by atoms with E-state index in [0.29, 0.717) is 25.5 Å². The molecule has 20 heavy (non-hydrogen) atoms. The summed E-state index contributed by atoms with van der Waals surface area (Å²) in [4.78, 5) is 21.9. The quantitative estimate of drug-likeness (QED) is 0.907. The number of rotatable bonds is 4. The van der Waals surface area contributed by atoms with Crippen molar-refractivity contribution in [3.8, 4) is 5.88 Å². The van der Waals surface area contributed by atoms with E-state index >= 15 is 0 Å². The Kier molecular flexibility index (Phi) is 4.11. The number of carboxylic acids is 1. The Morgan fingerprint density at radius 1 is 1.55 bits per heavy atom. The molecule has 1 aromatic rings. The summed E-state index contributed by atoms with van der Waals surface area (Å²) in [6.45, 7) is 7.43. The van der Waals surface area contributed by atoms with Gasteiger partial charge < -0.3 is 14.7 Å². The number of aliphatic carboxylic acids is 1. The maximum atomic E-state index is 11.4. The van der Waals surface area contributed by atoms with Crippen molar-refractivity contribution in [2.45, 2.75) is 33.6 Å². The van der Waals surface area contributed by atoms with Crippen LogP contribution in [0.4, 0.5) is 5.82 Å². The fraction of sp³-hybridized carbons (Fsp3) is 0.643. The van der Waals surface area contributed by atoms with Crippen molar-refractivity contribution in [3.05, 3.63) is 11.9 Å². The van der Waals surface area contributed by atoms with Gasteiger partial charge in [-0.1, -0.05) is 0 Å². The fourth-order valence-corrected chi connectivity index (χ4v) is 2.62. The van der Waals surface area contributed by atoms with Crippen LogP contribution in [-0.2, 0) is 4.79 Å². The molecule has 1 aliphatic heterocycles. The number of aromatic nitrogens is 2. The molecule has 0 aromatic carbocycles. The van der Waals surface area contributed by atoms with Gasteiger partial charge in [-0.05, 0) is 33.6 Å². The lowest BCUT2D eigenvalue weighted by molar-refractivity contribution is -0.148. The van der Waals surface area contributed by atoms with Crippen LogP contribution in [0.2, 0.25) is 0 Å². The zero-order valence-electron chi connectivity index (χ0n) is 12.2. The molecule has 0 amide bonds. The van der Waals surface area contributed by atoms with Gasteiger partial charge in [-0.25, -0.2) is 9.97 Å². The molecular formula is C14H21N3O3. The monoisotopic (exact) mass is 279 g/mol. The summed E-state index contributed by atoms with van der Waals surface area (Å²) in [5, 5.41) is 9.39. The molecule has 1 N–H and O–H groups in total. The largest absolute Gasteiger partial charge is 0.481 e. The predicted molar refractivity (Wildman–Crippen MR) is 75.1 cm³/mol. The second kappa shape index (κ2) is 5.64. The van der Waals surface area contributed by atoms with Crippen LogP contribution in [0.15, 0.2) is 6.33 Å². The lowest BCUT2D eigenvalue weighted by atomic mass is 9.82. The van der Waals surface area contributed by atoms with Crippen molar-refractivity contribution in [3.63, 3.8) is 0 Å². The molecule has 2 rings (SSSR count). The molecule has 0 bridgehead atoms. The molecule has 1 unspecified atom stereocenters. The molecule has 0 saturated carbocycles. The van der Waals surface area contributed by atoms with E-state index in [0.717, 1.165) is 24.3 Å². The summed E-state index contributed by atoms with van der Waals surface area (Å²) in [5.74, 6) is 0.592. The minimum absolute atomic E-state index is 0.464. The van der Waals surface area contributed by atoms with Gasteiger partial charge in [-0.2, -0.15) is 0 Å². The van der Waals surface area contributed by atoms with Gasteiger partial charge in [0, 0.05) is 13.1 Å². The van der Waals surface area contributed by atoms with Crippen molar-refractivity contribution in [2.24, 2.45) is 5.41 Å². The second-order valence-corrected chi connectivity index (χ2v) is 5.45. The first kappa shape index (κ1) is 14.6. The van der Waals surface area contributed by atoms with E-state index in [-0.39, 0.29) is 0 Å². The number of anilines is 1. The van der Waals surface area contributed by atoms with E-state index in [1.807, 2.05) is 18.7 Å². The topological polar surface area (TPSA) is 75.6 Å². The van der Waals surface area contributed by atoms with Gasteiger partial charge in [0.2, 0.25) is 5.88 Å². The lowest BCUT2D eigenvalue weighted by Gasteiger charge is -2.38.